The molecule has 0 radical (unpaired) electrons. The molecule has 1 aliphatic carbocycles. The zero-order valence-electron chi connectivity index (χ0n) is 11.6. The normalized spacial score (nSPS) is 29.5. The van der Waals surface area contributed by atoms with Crippen LogP contribution in [0.25, 0.3) is 0 Å². The molecular weight excluding hydrogens is 242 g/mol. The molecule has 1 aliphatic heterocycles. The molecule has 2 heterocycles. The maximum atomic E-state index is 5.55. The second kappa shape index (κ2) is 6.01. The first-order chi connectivity index (χ1) is 9.38. The highest BCUT2D eigenvalue weighted by Crippen LogP contribution is 2.33. The van der Waals surface area contributed by atoms with E-state index in [0.717, 1.165) is 44.2 Å². The van der Waals surface area contributed by atoms with Crippen LogP contribution < -0.4 is 5.32 Å². The molecule has 1 N–H and O–H groups in total. The van der Waals surface area contributed by atoms with E-state index in [2.05, 4.69) is 15.5 Å². The van der Waals surface area contributed by atoms with Gasteiger partial charge in [-0.25, -0.2) is 0 Å². The maximum Gasteiger partial charge on any atom is 0.231 e. The van der Waals surface area contributed by atoms with Crippen LogP contribution in [-0.4, -0.2) is 36.4 Å². The van der Waals surface area contributed by atoms with Gasteiger partial charge < -0.3 is 14.6 Å². The third kappa shape index (κ3) is 2.82. The number of nitrogens with one attached hydrogen (secondary N) is 1. The van der Waals surface area contributed by atoms with Gasteiger partial charge >= 0.3 is 0 Å². The maximum absolute atomic E-state index is 5.55. The SMILES string of the molecule is CNC1CCCCC1c1nc(C2CCOCC2)no1. The van der Waals surface area contributed by atoms with Crippen LogP contribution in [0.15, 0.2) is 4.52 Å². The van der Waals surface area contributed by atoms with Crippen LogP contribution in [0, 0.1) is 0 Å². The molecule has 1 aromatic heterocycles. The molecule has 1 saturated heterocycles. The van der Waals surface area contributed by atoms with E-state index in [1.165, 1.54) is 19.3 Å². The summed E-state index contributed by atoms with van der Waals surface area (Å²) >= 11 is 0. The lowest BCUT2D eigenvalue weighted by Gasteiger charge is -2.28. The van der Waals surface area contributed by atoms with Gasteiger partial charge in [-0.15, -0.1) is 0 Å². The van der Waals surface area contributed by atoms with Gasteiger partial charge in [0.05, 0.1) is 5.92 Å². The third-order valence-corrected chi connectivity index (χ3v) is 4.50. The molecule has 0 amide bonds. The Labute approximate surface area is 114 Å². The lowest BCUT2D eigenvalue weighted by atomic mass is 9.84. The molecule has 5 nitrogen and oxygen atoms in total. The van der Waals surface area contributed by atoms with Crippen molar-refractivity contribution in [2.45, 2.75) is 56.4 Å². The van der Waals surface area contributed by atoms with Crippen LogP contribution in [0.4, 0.5) is 0 Å². The van der Waals surface area contributed by atoms with Crippen molar-refractivity contribution in [2.75, 3.05) is 20.3 Å². The summed E-state index contributed by atoms with van der Waals surface area (Å²) < 4.78 is 10.9. The zero-order valence-corrected chi connectivity index (χ0v) is 11.6. The van der Waals surface area contributed by atoms with E-state index in [4.69, 9.17) is 9.26 Å². The van der Waals surface area contributed by atoms with Crippen LogP contribution in [0.2, 0.25) is 0 Å². The second-order valence-electron chi connectivity index (χ2n) is 5.66. The van der Waals surface area contributed by atoms with Gasteiger partial charge in [0.2, 0.25) is 5.89 Å². The minimum atomic E-state index is 0.389. The standard InChI is InChI=1S/C14H23N3O2/c1-15-12-5-3-2-4-11(12)14-16-13(17-19-14)10-6-8-18-9-7-10/h10-12,15H,2-9H2,1H3. The first-order valence-electron chi connectivity index (χ1n) is 7.47. The predicted molar refractivity (Wildman–Crippen MR) is 71.1 cm³/mol. The van der Waals surface area contributed by atoms with Crippen molar-refractivity contribution in [3.8, 4) is 0 Å². The highest BCUT2D eigenvalue weighted by molar-refractivity contribution is 5.04. The molecule has 0 aromatic carbocycles. The Kier molecular flexibility index (Phi) is 4.13. The zero-order chi connectivity index (χ0) is 13.1. The molecule has 2 atom stereocenters. The number of nitrogens with zero attached hydrogens (tertiary/aromatic N) is 2. The van der Waals surface area contributed by atoms with Crippen molar-refractivity contribution in [3.63, 3.8) is 0 Å². The summed E-state index contributed by atoms with van der Waals surface area (Å²) in [6, 6.07) is 0.483. The number of hydrogen-bond acceptors (Lipinski definition) is 5. The van der Waals surface area contributed by atoms with Gasteiger partial charge in [0.15, 0.2) is 5.82 Å². The first-order valence-corrected chi connectivity index (χ1v) is 7.47. The summed E-state index contributed by atoms with van der Waals surface area (Å²) in [7, 11) is 2.03. The van der Waals surface area contributed by atoms with Crippen molar-refractivity contribution >= 4 is 0 Å². The van der Waals surface area contributed by atoms with Crippen LogP contribution in [0.5, 0.6) is 0 Å². The van der Waals surface area contributed by atoms with Crippen molar-refractivity contribution in [1.29, 1.82) is 0 Å². The Bertz CT molecular complexity index is 401. The van der Waals surface area contributed by atoms with Gasteiger partial charge in [0.25, 0.3) is 0 Å². The topological polar surface area (TPSA) is 60.2 Å². The lowest BCUT2D eigenvalue weighted by molar-refractivity contribution is 0.0830. The monoisotopic (exact) mass is 265 g/mol. The quantitative estimate of drug-likeness (QED) is 0.908. The van der Waals surface area contributed by atoms with Gasteiger partial charge in [0.1, 0.15) is 0 Å². The smallest absolute Gasteiger partial charge is 0.231 e. The number of ether oxygens (including phenoxy) is 1. The molecule has 0 spiro atoms. The van der Waals surface area contributed by atoms with Gasteiger partial charge in [-0.05, 0) is 32.7 Å². The van der Waals surface area contributed by atoms with Gasteiger partial charge in [0, 0.05) is 25.2 Å². The molecular formula is C14H23N3O2. The van der Waals surface area contributed by atoms with Crippen molar-refractivity contribution in [1.82, 2.24) is 15.5 Å². The molecule has 5 heteroatoms. The molecule has 2 fully saturated rings. The Morgan fingerprint density at radius 2 is 1.89 bits per heavy atom. The molecule has 3 rings (SSSR count). The average Bonchev–Trinajstić information content (AvgIpc) is 2.98. The summed E-state index contributed by atoms with van der Waals surface area (Å²) in [6.45, 7) is 1.63. The molecule has 2 aliphatic rings. The van der Waals surface area contributed by atoms with Gasteiger partial charge in [-0.2, -0.15) is 4.98 Å². The summed E-state index contributed by atoms with van der Waals surface area (Å²) in [5.41, 5.74) is 0. The van der Waals surface area contributed by atoms with Crippen molar-refractivity contribution < 1.29 is 9.26 Å². The summed E-state index contributed by atoms with van der Waals surface area (Å²) in [5.74, 6) is 2.53. The summed E-state index contributed by atoms with van der Waals surface area (Å²) in [5, 5.41) is 7.61. The largest absolute Gasteiger partial charge is 0.381 e. The van der Waals surface area contributed by atoms with Crippen molar-refractivity contribution in [2.24, 2.45) is 0 Å². The number of aromatic nitrogens is 2. The number of hydrogen-bond donors (Lipinski definition) is 1. The summed E-state index contributed by atoms with van der Waals surface area (Å²) in [6.07, 6.45) is 6.94. The Balaban J connectivity index is 1.72. The van der Waals surface area contributed by atoms with E-state index in [9.17, 15) is 0 Å². The van der Waals surface area contributed by atoms with Gasteiger partial charge in [-0.3, -0.25) is 0 Å². The minimum absolute atomic E-state index is 0.389. The minimum Gasteiger partial charge on any atom is -0.381 e. The fourth-order valence-corrected chi connectivity index (χ4v) is 3.29. The van der Waals surface area contributed by atoms with E-state index in [1.807, 2.05) is 7.05 Å². The van der Waals surface area contributed by atoms with Crippen LogP contribution in [0.1, 0.15) is 62.1 Å². The van der Waals surface area contributed by atoms with Crippen LogP contribution in [0.3, 0.4) is 0 Å². The molecule has 106 valence electrons. The highest BCUT2D eigenvalue weighted by Gasteiger charge is 2.31. The molecule has 19 heavy (non-hydrogen) atoms. The van der Waals surface area contributed by atoms with Crippen LogP contribution >= 0.6 is 0 Å². The van der Waals surface area contributed by atoms with Crippen molar-refractivity contribution in [3.05, 3.63) is 11.7 Å². The second-order valence-corrected chi connectivity index (χ2v) is 5.66. The first kappa shape index (κ1) is 13.1. The fraction of sp³-hybridized carbons (Fsp3) is 0.857. The lowest BCUT2D eigenvalue weighted by Crippen LogP contribution is -2.34. The summed E-state index contributed by atoms with van der Waals surface area (Å²) in [4.78, 5) is 4.68. The Hall–Kier alpha value is -0.940. The fourth-order valence-electron chi connectivity index (χ4n) is 3.29. The Morgan fingerprint density at radius 3 is 2.68 bits per heavy atom. The number of rotatable bonds is 3. The molecule has 0 bridgehead atoms. The molecule has 1 saturated carbocycles. The number of likely N-dealkylation sites (N-methyl/N-ethyl adjacent to an activating group) is 1. The van der Waals surface area contributed by atoms with E-state index in [0.29, 0.717) is 17.9 Å². The Morgan fingerprint density at radius 1 is 1.11 bits per heavy atom. The van der Waals surface area contributed by atoms with Gasteiger partial charge in [-0.1, -0.05) is 18.0 Å². The van der Waals surface area contributed by atoms with E-state index < -0.39 is 0 Å². The average molecular weight is 265 g/mol. The van der Waals surface area contributed by atoms with E-state index in [1.54, 1.807) is 0 Å². The molecule has 2 unspecified atom stereocenters. The van der Waals surface area contributed by atoms with Crippen LogP contribution in [-0.2, 0) is 4.74 Å². The highest BCUT2D eigenvalue weighted by atomic mass is 16.5. The third-order valence-electron chi connectivity index (χ3n) is 4.50. The van der Waals surface area contributed by atoms with E-state index in [-0.39, 0.29) is 0 Å². The van der Waals surface area contributed by atoms with E-state index >= 15 is 0 Å². The predicted octanol–water partition coefficient (Wildman–Crippen LogP) is 2.21. The molecule has 1 aromatic rings.